The van der Waals surface area contributed by atoms with Gasteiger partial charge in [0.25, 0.3) is 5.79 Å². The Kier molecular flexibility index (Phi) is 2.00. The van der Waals surface area contributed by atoms with Crippen molar-refractivity contribution >= 4 is 5.97 Å². The molecule has 92 valence electrons. The Labute approximate surface area is 100 Å². The predicted octanol–water partition coefficient (Wildman–Crippen LogP) is 1.77. The maximum atomic E-state index is 12.0. The SMILES string of the molecule is CC(C)(C)C(=O)OC12C=CC(O1)C1COC=C12. The van der Waals surface area contributed by atoms with Crippen LogP contribution in [-0.4, -0.2) is 24.5 Å². The molecule has 0 spiro atoms. The molecular formula is C13H16O4. The molecule has 1 saturated heterocycles. The lowest BCUT2D eigenvalue weighted by molar-refractivity contribution is -0.195. The van der Waals surface area contributed by atoms with Gasteiger partial charge in [-0.25, -0.2) is 0 Å². The number of hydrogen-bond acceptors (Lipinski definition) is 4. The van der Waals surface area contributed by atoms with E-state index in [1.54, 1.807) is 6.26 Å². The second kappa shape index (κ2) is 3.13. The summed E-state index contributed by atoms with van der Waals surface area (Å²) in [6, 6.07) is 0. The number of hydrogen-bond donors (Lipinski definition) is 0. The van der Waals surface area contributed by atoms with Gasteiger partial charge in [-0.15, -0.1) is 0 Å². The quantitative estimate of drug-likeness (QED) is 0.514. The minimum atomic E-state index is -1.00. The number of carbonyl (C=O) groups excluding carboxylic acids is 1. The van der Waals surface area contributed by atoms with E-state index in [1.165, 1.54) is 0 Å². The standard InChI is InChI=1S/C13H16O4/c1-12(2,3)11(14)17-13-5-4-10(16-13)8-6-15-7-9(8)13/h4-5,7-8,10H,6H2,1-3H3. The first-order chi connectivity index (χ1) is 7.92. The van der Waals surface area contributed by atoms with E-state index in [1.807, 2.05) is 32.9 Å². The molecule has 3 aliphatic rings. The van der Waals surface area contributed by atoms with Crippen LogP contribution in [0.3, 0.4) is 0 Å². The zero-order chi connectivity index (χ0) is 12.3. The van der Waals surface area contributed by atoms with Crippen molar-refractivity contribution in [1.82, 2.24) is 0 Å². The topological polar surface area (TPSA) is 44.8 Å². The zero-order valence-electron chi connectivity index (χ0n) is 10.2. The van der Waals surface area contributed by atoms with Crippen molar-refractivity contribution < 1.29 is 19.0 Å². The summed E-state index contributed by atoms with van der Waals surface area (Å²) in [6.07, 6.45) is 5.42. The Morgan fingerprint density at radius 3 is 3.00 bits per heavy atom. The molecular weight excluding hydrogens is 220 g/mol. The second-order valence-corrected chi connectivity index (χ2v) is 5.76. The molecule has 0 radical (unpaired) electrons. The first-order valence-corrected chi connectivity index (χ1v) is 5.85. The van der Waals surface area contributed by atoms with Gasteiger partial charge in [0.2, 0.25) is 0 Å². The van der Waals surface area contributed by atoms with E-state index < -0.39 is 11.2 Å². The Morgan fingerprint density at radius 2 is 2.29 bits per heavy atom. The molecule has 1 fully saturated rings. The smallest absolute Gasteiger partial charge is 0.314 e. The van der Waals surface area contributed by atoms with Crippen LogP contribution < -0.4 is 0 Å². The molecule has 0 saturated carbocycles. The van der Waals surface area contributed by atoms with Crippen LogP contribution in [0.2, 0.25) is 0 Å². The number of carbonyl (C=O) groups is 1. The minimum Gasteiger partial charge on any atom is -0.500 e. The fourth-order valence-electron chi connectivity index (χ4n) is 2.32. The maximum absolute atomic E-state index is 12.0. The average molecular weight is 236 g/mol. The van der Waals surface area contributed by atoms with Crippen LogP contribution in [0.25, 0.3) is 0 Å². The highest BCUT2D eigenvalue weighted by Gasteiger charge is 2.58. The van der Waals surface area contributed by atoms with Gasteiger partial charge in [0.15, 0.2) is 0 Å². The van der Waals surface area contributed by atoms with Crippen molar-refractivity contribution in [3.63, 3.8) is 0 Å². The average Bonchev–Trinajstić information content (AvgIpc) is 2.85. The van der Waals surface area contributed by atoms with Gasteiger partial charge in [0, 0.05) is 5.57 Å². The van der Waals surface area contributed by atoms with Crippen LogP contribution in [0.1, 0.15) is 20.8 Å². The first kappa shape index (κ1) is 10.8. The molecule has 0 aromatic carbocycles. The molecule has 0 aliphatic carbocycles. The highest BCUT2D eigenvalue weighted by Crippen LogP contribution is 2.50. The van der Waals surface area contributed by atoms with Crippen LogP contribution in [0.15, 0.2) is 24.0 Å². The van der Waals surface area contributed by atoms with Crippen molar-refractivity contribution in [1.29, 1.82) is 0 Å². The summed E-state index contributed by atoms with van der Waals surface area (Å²) in [5.74, 6) is -1.07. The molecule has 3 atom stereocenters. The molecule has 0 amide bonds. The number of rotatable bonds is 1. The minimum absolute atomic E-state index is 0.0171. The molecule has 17 heavy (non-hydrogen) atoms. The van der Waals surface area contributed by atoms with Crippen LogP contribution in [0.4, 0.5) is 0 Å². The normalized spacial score (nSPS) is 37.7. The van der Waals surface area contributed by atoms with Crippen molar-refractivity contribution in [2.45, 2.75) is 32.7 Å². The zero-order valence-corrected chi connectivity index (χ0v) is 10.2. The largest absolute Gasteiger partial charge is 0.500 e. The van der Waals surface area contributed by atoms with Crippen LogP contribution in [0.5, 0.6) is 0 Å². The molecule has 4 nitrogen and oxygen atoms in total. The Morgan fingerprint density at radius 1 is 1.53 bits per heavy atom. The van der Waals surface area contributed by atoms with Gasteiger partial charge >= 0.3 is 5.97 Å². The summed E-state index contributed by atoms with van der Waals surface area (Å²) in [7, 11) is 0. The molecule has 2 bridgehead atoms. The Balaban J connectivity index is 1.88. The van der Waals surface area contributed by atoms with E-state index in [9.17, 15) is 4.79 Å². The van der Waals surface area contributed by atoms with Gasteiger partial charge in [-0.2, -0.15) is 0 Å². The third kappa shape index (κ3) is 1.43. The molecule has 3 heterocycles. The van der Waals surface area contributed by atoms with Crippen LogP contribution in [-0.2, 0) is 19.0 Å². The molecule has 0 N–H and O–H groups in total. The number of fused-ring (bicyclic) bond motifs is 5. The van der Waals surface area contributed by atoms with E-state index in [4.69, 9.17) is 14.2 Å². The van der Waals surface area contributed by atoms with Gasteiger partial charge < -0.3 is 14.2 Å². The predicted molar refractivity (Wildman–Crippen MR) is 59.8 cm³/mol. The van der Waals surface area contributed by atoms with E-state index in [0.29, 0.717) is 6.61 Å². The Hall–Kier alpha value is -1.29. The van der Waals surface area contributed by atoms with Gasteiger partial charge in [-0.1, -0.05) is 6.08 Å². The summed E-state index contributed by atoms with van der Waals surface area (Å²) < 4.78 is 16.7. The second-order valence-electron chi connectivity index (χ2n) is 5.76. The summed E-state index contributed by atoms with van der Waals surface area (Å²) in [4.78, 5) is 12.0. The van der Waals surface area contributed by atoms with E-state index >= 15 is 0 Å². The van der Waals surface area contributed by atoms with Crippen LogP contribution >= 0.6 is 0 Å². The first-order valence-electron chi connectivity index (χ1n) is 5.85. The van der Waals surface area contributed by atoms with E-state index in [0.717, 1.165) is 5.57 Å². The number of ether oxygens (including phenoxy) is 3. The highest BCUT2D eigenvalue weighted by molar-refractivity contribution is 5.76. The number of esters is 1. The molecule has 0 aromatic rings. The molecule has 4 heteroatoms. The van der Waals surface area contributed by atoms with Crippen molar-refractivity contribution in [3.05, 3.63) is 24.0 Å². The van der Waals surface area contributed by atoms with Crippen molar-refractivity contribution in [2.24, 2.45) is 11.3 Å². The van der Waals surface area contributed by atoms with Gasteiger partial charge in [-0.05, 0) is 26.8 Å². The van der Waals surface area contributed by atoms with Crippen molar-refractivity contribution in [3.8, 4) is 0 Å². The Bertz CT molecular complexity index is 429. The van der Waals surface area contributed by atoms with Gasteiger partial charge in [0.05, 0.1) is 30.3 Å². The lowest BCUT2D eigenvalue weighted by Crippen LogP contribution is -2.37. The summed E-state index contributed by atoms with van der Waals surface area (Å²) in [5, 5.41) is 0. The molecule has 0 aromatic heterocycles. The molecule has 3 unspecified atom stereocenters. The fourth-order valence-corrected chi connectivity index (χ4v) is 2.32. The van der Waals surface area contributed by atoms with E-state index in [-0.39, 0.29) is 18.0 Å². The molecule has 3 rings (SSSR count). The fraction of sp³-hybridized carbons (Fsp3) is 0.615. The summed E-state index contributed by atoms with van der Waals surface area (Å²) in [6.45, 7) is 6.09. The van der Waals surface area contributed by atoms with Crippen LogP contribution in [0, 0.1) is 11.3 Å². The van der Waals surface area contributed by atoms with Crippen molar-refractivity contribution in [2.75, 3.05) is 6.61 Å². The summed E-state index contributed by atoms with van der Waals surface area (Å²) >= 11 is 0. The third-order valence-electron chi connectivity index (χ3n) is 3.36. The monoisotopic (exact) mass is 236 g/mol. The lowest BCUT2D eigenvalue weighted by atomic mass is 9.89. The summed E-state index contributed by atoms with van der Waals surface area (Å²) in [5.41, 5.74) is 0.393. The highest BCUT2D eigenvalue weighted by atomic mass is 16.7. The van der Waals surface area contributed by atoms with Gasteiger partial charge in [0.1, 0.15) is 0 Å². The maximum Gasteiger partial charge on any atom is 0.314 e. The van der Waals surface area contributed by atoms with E-state index in [2.05, 4.69) is 0 Å². The lowest BCUT2D eigenvalue weighted by Gasteiger charge is -2.28. The molecule has 3 aliphatic heterocycles. The van der Waals surface area contributed by atoms with Gasteiger partial charge in [-0.3, -0.25) is 4.79 Å². The third-order valence-corrected chi connectivity index (χ3v) is 3.36.